The van der Waals surface area contributed by atoms with Crippen LogP contribution in [0.3, 0.4) is 0 Å². The molecule has 0 aliphatic rings. The molecule has 4 N–H and O–H groups in total. The van der Waals surface area contributed by atoms with Crippen LogP contribution in [0, 0.1) is 12.7 Å². The first-order valence-corrected chi connectivity index (χ1v) is 6.51. The number of anilines is 1. The number of aryl methyl sites for hydroxylation is 1. The van der Waals surface area contributed by atoms with Crippen LogP contribution in [0.5, 0.6) is 0 Å². The van der Waals surface area contributed by atoms with E-state index in [-0.39, 0.29) is 23.5 Å². The monoisotopic (exact) mass is 288 g/mol. The molecule has 0 spiro atoms. The van der Waals surface area contributed by atoms with E-state index in [4.69, 9.17) is 5.84 Å². The number of nitrogens with two attached hydrogens (primary N) is 1. The van der Waals surface area contributed by atoms with Crippen molar-refractivity contribution in [1.82, 2.24) is 10.3 Å². The zero-order valence-electron chi connectivity index (χ0n) is 11.9. The maximum absolute atomic E-state index is 13.5. The van der Waals surface area contributed by atoms with Crippen molar-refractivity contribution < 1.29 is 9.18 Å². The molecule has 2 aromatic rings. The topological polar surface area (TPSA) is 80.0 Å². The van der Waals surface area contributed by atoms with Gasteiger partial charge in [0.05, 0.1) is 17.9 Å². The lowest BCUT2D eigenvalue weighted by atomic mass is 10.1. The van der Waals surface area contributed by atoms with Gasteiger partial charge in [-0.1, -0.05) is 12.1 Å². The van der Waals surface area contributed by atoms with Crippen LogP contribution in [0.1, 0.15) is 34.6 Å². The first kappa shape index (κ1) is 14.9. The van der Waals surface area contributed by atoms with Gasteiger partial charge in [0.1, 0.15) is 11.5 Å². The molecule has 1 atom stereocenters. The Hall–Kier alpha value is -2.47. The van der Waals surface area contributed by atoms with Gasteiger partial charge in [0.25, 0.3) is 5.91 Å². The van der Waals surface area contributed by atoms with E-state index in [2.05, 4.69) is 15.7 Å². The Morgan fingerprint density at radius 3 is 2.67 bits per heavy atom. The van der Waals surface area contributed by atoms with Crippen molar-refractivity contribution in [2.45, 2.75) is 19.9 Å². The molecule has 0 fully saturated rings. The number of hydrogen-bond acceptors (Lipinski definition) is 4. The van der Waals surface area contributed by atoms with Crippen molar-refractivity contribution in [1.29, 1.82) is 0 Å². The molecule has 0 aliphatic heterocycles. The van der Waals surface area contributed by atoms with Gasteiger partial charge in [-0.25, -0.2) is 9.37 Å². The largest absolute Gasteiger partial charge is 0.344 e. The predicted octanol–water partition coefficient (Wildman–Crippen LogP) is 2.31. The lowest BCUT2D eigenvalue weighted by Crippen LogP contribution is -2.27. The molecule has 110 valence electrons. The number of nitrogens with zero attached hydrogens (tertiary/aromatic N) is 1. The third-order valence-electron chi connectivity index (χ3n) is 3.21. The molecule has 1 aromatic carbocycles. The molecule has 1 unspecified atom stereocenters. The summed E-state index contributed by atoms with van der Waals surface area (Å²) >= 11 is 0. The molecule has 5 nitrogen and oxygen atoms in total. The highest BCUT2D eigenvalue weighted by atomic mass is 19.1. The third-order valence-corrected chi connectivity index (χ3v) is 3.21. The van der Waals surface area contributed by atoms with E-state index in [1.165, 1.54) is 12.3 Å². The number of carbonyl (C=O) groups is 1. The zero-order valence-corrected chi connectivity index (χ0v) is 11.9. The Bertz CT molecular complexity index is 643. The van der Waals surface area contributed by atoms with Crippen molar-refractivity contribution in [3.8, 4) is 0 Å². The van der Waals surface area contributed by atoms with Crippen LogP contribution in [0.25, 0.3) is 0 Å². The van der Waals surface area contributed by atoms with Gasteiger partial charge in [0.15, 0.2) is 0 Å². The average molecular weight is 288 g/mol. The minimum absolute atomic E-state index is 0.272. The number of halogens is 1. The van der Waals surface area contributed by atoms with Gasteiger partial charge in [-0.15, -0.1) is 0 Å². The van der Waals surface area contributed by atoms with Gasteiger partial charge in [-0.05, 0) is 43.2 Å². The van der Waals surface area contributed by atoms with E-state index in [0.717, 1.165) is 0 Å². The molecule has 1 amide bonds. The first-order chi connectivity index (χ1) is 10.0. The summed E-state index contributed by atoms with van der Waals surface area (Å²) in [6, 6.07) is 7.80. The summed E-state index contributed by atoms with van der Waals surface area (Å²) in [5.41, 5.74) is 4.59. The van der Waals surface area contributed by atoms with Crippen LogP contribution in [-0.2, 0) is 0 Å². The van der Waals surface area contributed by atoms with E-state index in [1.54, 1.807) is 38.1 Å². The summed E-state index contributed by atoms with van der Waals surface area (Å²) < 4.78 is 13.5. The molecule has 6 heteroatoms. The quantitative estimate of drug-likeness (QED) is 0.596. The number of nitrogen functional groups attached to an aromatic ring is 1. The van der Waals surface area contributed by atoms with E-state index in [1.807, 2.05) is 0 Å². The summed E-state index contributed by atoms with van der Waals surface area (Å²) in [6.07, 6.45) is 1.46. The Kier molecular flexibility index (Phi) is 4.49. The second-order valence-corrected chi connectivity index (χ2v) is 4.78. The Balaban J connectivity index is 2.08. The highest BCUT2D eigenvalue weighted by molar-refractivity contribution is 5.92. The summed E-state index contributed by atoms with van der Waals surface area (Å²) in [5, 5.41) is 2.78. The Labute approximate surface area is 122 Å². The fourth-order valence-electron chi connectivity index (χ4n) is 1.85. The molecule has 2 rings (SSSR count). The first-order valence-electron chi connectivity index (χ1n) is 6.51. The molecule has 0 bridgehead atoms. The average Bonchev–Trinajstić information content (AvgIpc) is 2.50. The summed E-state index contributed by atoms with van der Waals surface area (Å²) in [4.78, 5) is 16.1. The number of pyridine rings is 1. The van der Waals surface area contributed by atoms with Crippen LogP contribution in [-0.4, -0.2) is 10.9 Å². The second-order valence-electron chi connectivity index (χ2n) is 4.78. The van der Waals surface area contributed by atoms with Crippen molar-refractivity contribution in [3.05, 3.63) is 59.2 Å². The van der Waals surface area contributed by atoms with E-state index < -0.39 is 0 Å². The van der Waals surface area contributed by atoms with Crippen molar-refractivity contribution in [2.24, 2.45) is 5.84 Å². The second kappa shape index (κ2) is 6.32. The van der Waals surface area contributed by atoms with Crippen LogP contribution in [0.15, 0.2) is 36.5 Å². The van der Waals surface area contributed by atoms with Crippen LogP contribution in [0.4, 0.5) is 10.1 Å². The molecule has 0 saturated carbocycles. The fourth-order valence-corrected chi connectivity index (χ4v) is 1.85. The maximum Gasteiger partial charge on any atom is 0.270 e. The number of aromatic nitrogens is 1. The number of amides is 1. The third kappa shape index (κ3) is 3.55. The van der Waals surface area contributed by atoms with Crippen LogP contribution in [0.2, 0.25) is 0 Å². The summed E-state index contributed by atoms with van der Waals surface area (Å²) in [6.45, 7) is 3.48. The molecule has 0 aliphatic carbocycles. The van der Waals surface area contributed by atoms with Gasteiger partial charge in [0.2, 0.25) is 0 Å². The molecule has 21 heavy (non-hydrogen) atoms. The predicted molar refractivity (Wildman–Crippen MR) is 79.1 cm³/mol. The molecule has 1 aromatic heterocycles. The van der Waals surface area contributed by atoms with Gasteiger partial charge >= 0.3 is 0 Å². The van der Waals surface area contributed by atoms with Gasteiger partial charge in [-0.2, -0.15) is 0 Å². The maximum atomic E-state index is 13.5. The number of benzene rings is 1. The Morgan fingerprint density at radius 2 is 2.10 bits per heavy atom. The highest BCUT2D eigenvalue weighted by Crippen LogP contribution is 2.16. The Morgan fingerprint density at radius 1 is 1.33 bits per heavy atom. The minimum Gasteiger partial charge on any atom is -0.344 e. The highest BCUT2D eigenvalue weighted by Gasteiger charge is 2.13. The van der Waals surface area contributed by atoms with Gasteiger partial charge in [0, 0.05) is 0 Å². The lowest BCUT2D eigenvalue weighted by Gasteiger charge is -2.14. The fraction of sp³-hybridized carbons (Fsp3) is 0.200. The zero-order chi connectivity index (χ0) is 15.4. The van der Waals surface area contributed by atoms with Crippen molar-refractivity contribution >= 4 is 11.6 Å². The number of hydrogen-bond donors (Lipinski definition) is 3. The van der Waals surface area contributed by atoms with E-state index in [0.29, 0.717) is 16.8 Å². The molecule has 0 saturated heterocycles. The normalized spacial score (nSPS) is 11.8. The molecule has 0 radical (unpaired) electrons. The summed E-state index contributed by atoms with van der Waals surface area (Å²) in [7, 11) is 0. The summed E-state index contributed by atoms with van der Waals surface area (Å²) in [5.74, 6) is 4.62. The van der Waals surface area contributed by atoms with Gasteiger partial charge < -0.3 is 10.7 Å². The molecular weight excluding hydrogens is 271 g/mol. The van der Waals surface area contributed by atoms with E-state index >= 15 is 0 Å². The lowest BCUT2D eigenvalue weighted by molar-refractivity contribution is 0.0935. The van der Waals surface area contributed by atoms with Crippen LogP contribution >= 0.6 is 0 Å². The van der Waals surface area contributed by atoms with Crippen molar-refractivity contribution in [3.63, 3.8) is 0 Å². The van der Waals surface area contributed by atoms with E-state index in [9.17, 15) is 9.18 Å². The molecular formula is C15H17FN4O. The van der Waals surface area contributed by atoms with Crippen molar-refractivity contribution in [2.75, 3.05) is 5.43 Å². The number of nitrogens with one attached hydrogen (secondary N) is 2. The number of rotatable bonds is 4. The smallest absolute Gasteiger partial charge is 0.270 e. The van der Waals surface area contributed by atoms with Crippen LogP contribution < -0.4 is 16.6 Å². The SMILES string of the molecule is Cc1ccc(C(C)NC(=O)c2ccc(NN)cn2)cc1F. The van der Waals surface area contributed by atoms with Gasteiger partial charge in [-0.3, -0.25) is 10.6 Å². The standard InChI is InChI=1S/C15H17FN4O/c1-9-3-4-11(7-13(9)16)10(2)19-15(21)14-6-5-12(20-17)8-18-14/h3-8,10,20H,17H2,1-2H3,(H,19,21). The molecule has 1 heterocycles. The number of hydrazine groups is 1. The number of carbonyl (C=O) groups excluding carboxylic acids is 1. The minimum atomic E-state index is -0.327.